The van der Waals surface area contributed by atoms with E-state index in [0.717, 1.165) is 18.2 Å². The summed E-state index contributed by atoms with van der Waals surface area (Å²) in [6, 6.07) is 2.83. The Kier molecular flexibility index (Phi) is 3.38. The van der Waals surface area contributed by atoms with E-state index in [1.165, 1.54) is 6.92 Å². The van der Waals surface area contributed by atoms with Crippen molar-refractivity contribution in [1.82, 2.24) is 0 Å². The molecule has 0 unspecified atom stereocenters. The predicted octanol–water partition coefficient (Wildman–Crippen LogP) is 3.48. The Morgan fingerprint density at radius 1 is 1.40 bits per heavy atom. The number of carbonyl (C=O) groups excluding carboxylic acids is 1. The number of alkyl halides is 3. The van der Waals surface area contributed by atoms with E-state index >= 15 is 0 Å². The summed E-state index contributed by atoms with van der Waals surface area (Å²) >= 11 is 2.47. The van der Waals surface area contributed by atoms with Crippen molar-refractivity contribution >= 4 is 22.2 Å². The Balaban J connectivity index is 3.15. The van der Waals surface area contributed by atoms with E-state index in [1.807, 2.05) is 0 Å². The second kappa shape index (κ2) is 4.22. The van der Waals surface area contributed by atoms with Crippen molar-refractivity contribution in [3.05, 3.63) is 34.9 Å². The summed E-state index contributed by atoms with van der Waals surface area (Å²) in [7, 11) is 0. The van der Waals surface area contributed by atoms with E-state index in [0.29, 0.717) is 0 Å². The van der Waals surface area contributed by atoms with Crippen LogP contribution in [0.1, 0.15) is 21.5 Å². The van der Waals surface area contributed by atoms with Gasteiger partial charge in [-0.05, 0) is 30.7 Å². The Morgan fingerprint density at radius 2 is 2.00 bits per heavy atom. The Labute approximate surface area is 92.5 Å². The van der Waals surface area contributed by atoms with Crippen LogP contribution < -0.4 is 0 Å². The largest absolute Gasteiger partial charge is 0.416 e. The molecular formula is C9H6BrF3O2. The molecule has 0 N–H and O–H groups in total. The maximum Gasteiger partial charge on any atom is 0.416 e. The molecule has 1 aromatic rings. The van der Waals surface area contributed by atoms with E-state index in [4.69, 9.17) is 0 Å². The molecule has 2 nitrogen and oxygen atoms in total. The minimum atomic E-state index is -4.40. The number of aryl methyl sites for hydroxylation is 1. The van der Waals surface area contributed by atoms with E-state index in [2.05, 4.69) is 20.1 Å². The lowest BCUT2D eigenvalue weighted by atomic mass is 10.1. The van der Waals surface area contributed by atoms with E-state index in [9.17, 15) is 18.0 Å². The topological polar surface area (TPSA) is 26.3 Å². The zero-order valence-electron chi connectivity index (χ0n) is 7.56. The first-order valence-corrected chi connectivity index (χ1v) is 4.52. The third-order valence-electron chi connectivity index (χ3n) is 1.84. The molecule has 0 atom stereocenters. The van der Waals surface area contributed by atoms with Gasteiger partial charge in [0.15, 0.2) is 16.3 Å². The summed E-state index contributed by atoms with van der Waals surface area (Å²) in [6.07, 6.45) is -4.40. The van der Waals surface area contributed by atoms with Gasteiger partial charge in [-0.3, -0.25) is 0 Å². The molecule has 0 radical (unpaired) electrons. The van der Waals surface area contributed by atoms with Crippen molar-refractivity contribution in [1.29, 1.82) is 0 Å². The lowest BCUT2D eigenvalue weighted by Crippen LogP contribution is -2.08. The van der Waals surface area contributed by atoms with Gasteiger partial charge in [-0.1, -0.05) is 0 Å². The average Bonchev–Trinajstić information content (AvgIpc) is 2.15. The molecule has 15 heavy (non-hydrogen) atoms. The quantitative estimate of drug-likeness (QED) is 0.788. The monoisotopic (exact) mass is 282 g/mol. The fourth-order valence-electron chi connectivity index (χ4n) is 1.11. The second-order valence-electron chi connectivity index (χ2n) is 2.89. The second-order valence-corrected chi connectivity index (χ2v) is 3.22. The molecule has 0 saturated heterocycles. The zero-order chi connectivity index (χ0) is 11.6. The molecule has 82 valence electrons. The molecule has 0 amide bonds. The fourth-order valence-corrected chi connectivity index (χ4v) is 1.28. The van der Waals surface area contributed by atoms with Crippen molar-refractivity contribution < 1.29 is 21.8 Å². The van der Waals surface area contributed by atoms with Crippen LogP contribution in [-0.2, 0) is 10.0 Å². The Morgan fingerprint density at radius 3 is 2.40 bits per heavy atom. The standard InChI is InChI=1S/C9H6BrF3O2/c1-5-4-6(9(11,12)13)2-3-7(5)8(14)15-10/h2-4H,1H3. The maximum atomic E-state index is 12.3. The van der Waals surface area contributed by atoms with Crippen LogP contribution in [-0.4, -0.2) is 5.97 Å². The highest BCUT2D eigenvalue weighted by Crippen LogP contribution is 2.30. The zero-order valence-corrected chi connectivity index (χ0v) is 9.15. The first kappa shape index (κ1) is 12.0. The SMILES string of the molecule is Cc1cc(C(F)(F)F)ccc1C(=O)OBr. The molecule has 6 heteroatoms. The van der Waals surface area contributed by atoms with Gasteiger partial charge < -0.3 is 3.83 Å². The van der Waals surface area contributed by atoms with Crippen LogP contribution in [0.25, 0.3) is 0 Å². The van der Waals surface area contributed by atoms with Crippen LogP contribution in [0.4, 0.5) is 13.2 Å². The smallest absolute Gasteiger partial charge is 0.380 e. The van der Waals surface area contributed by atoms with Crippen molar-refractivity contribution in [2.45, 2.75) is 13.1 Å². The van der Waals surface area contributed by atoms with Gasteiger partial charge in [0.2, 0.25) is 0 Å². The number of carbonyl (C=O) groups is 1. The third-order valence-corrected chi connectivity index (χ3v) is 2.14. The minimum Gasteiger partial charge on any atom is -0.380 e. The number of halogens is 4. The molecular weight excluding hydrogens is 277 g/mol. The van der Waals surface area contributed by atoms with Crippen molar-refractivity contribution in [2.24, 2.45) is 0 Å². The molecule has 0 spiro atoms. The van der Waals surface area contributed by atoms with Crippen molar-refractivity contribution in [2.75, 3.05) is 0 Å². The van der Waals surface area contributed by atoms with E-state index in [1.54, 1.807) is 0 Å². The van der Waals surface area contributed by atoms with Crippen LogP contribution in [0.3, 0.4) is 0 Å². The van der Waals surface area contributed by atoms with E-state index < -0.39 is 17.7 Å². The van der Waals surface area contributed by atoms with Crippen LogP contribution >= 0.6 is 16.3 Å². The van der Waals surface area contributed by atoms with Gasteiger partial charge in [-0.2, -0.15) is 13.2 Å². The number of benzene rings is 1. The lowest BCUT2D eigenvalue weighted by Gasteiger charge is -2.09. The molecule has 1 rings (SSSR count). The van der Waals surface area contributed by atoms with Crippen molar-refractivity contribution in [3.8, 4) is 0 Å². The first-order chi connectivity index (χ1) is 6.86. The van der Waals surface area contributed by atoms with E-state index in [-0.39, 0.29) is 11.1 Å². The highest BCUT2D eigenvalue weighted by molar-refractivity contribution is 9.06. The van der Waals surface area contributed by atoms with Gasteiger partial charge in [-0.15, -0.1) is 0 Å². The molecule has 0 bridgehead atoms. The van der Waals surface area contributed by atoms with Crippen LogP contribution in [0.5, 0.6) is 0 Å². The van der Waals surface area contributed by atoms with Gasteiger partial charge in [-0.25, -0.2) is 4.79 Å². The molecule has 0 saturated carbocycles. The summed E-state index contributed by atoms with van der Waals surface area (Å²) in [4.78, 5) is 11.0. The molecule has 0 aromatic heterocycles. The highest BCUT2D eigenvalue weighted by atomic mass is 79.9. The number of rotatable bonds is 1. The average molecular weight is 283 g/mol. The van der Waals surface area contributed by atoms with Crippen molar-refractivity contribution in [3.63, 3.8) is 0 Å². The van der Waals surface area contributed by atoms with Gasteiger partial charge in [0.05, 0.1) is 11.1 Å². The predicted molar refractivity (Wildman–Crippen MR) is 50.5 cm³/mol. The molecule has 1 aromatic carbocycles. The lowest BCUT2D eigenvalue weighted by molar-refractivity contribution is -0.137. The summed E-state index contributed by atoms with van der Waals surface area (Å²) in [5.74, 6) is -0.721. The van der Waals surface area contributed by atoms with Gasteiger partial charge in [0.25, 0.3) is 0 Å². The Hall–Kier alpha value is -1.04. The third kappa shape index (κ3) is 2.71. The van der Waals surface area contributed by atoms with Crippen LogP contribution in [0.15, 0.2) is 18.2 Å². The maximum absolute atomic E-state index is 12.3. The van der Waals surface area contributed by atoms with Gasteiger partial charge in [0.1, 0.15) is 0 Å². The summed E-state index contributed by atoms with van der Waals surface area (Å²) in [6.45, 7) is 1.41. The van der Waals surface area contributed by atoms with Crippen LogP contribution in [0, 0.1) is 6.92 Å². The van der Waals surface area contributed by atoms with Crippen LogP contribution in [0.2, 0.25) is 0 Å². The molecule has 0 aliphatic heterocycles. The summed E-state index contributed by atoms with van der Waals surface area (Å²) < 4.78 is 41.0. The molecule has 0 fully saturated rings. The molecule has 0 aliphatic rings. The fraction of sp³-hybridized carbons (Fsp3) is 0.222. The van der Waals surface area contributed by atoms with Gasteiger partial charge >= 0.3 is 12.1 Å². The highest BCUT2D eigenvalue weighted by Gasteiger charge is 2.31. The number of hydrogen-bond donors (Lipinski definition) is 0. The molecule has 0 aliphatic carbocycles. The summed E-state index contributed by atoms with van der Waals surface area (Å²) in [5, 5.41) is 0. The normalized spacial score (nSPS) is 11.3. The molecule has 0 heterocycles. The minimum absolute atomic E-state index is 0.0971. The summed E-state index contributed by atoms with van der Waals surface area (Å²) in [5.41, 5.74) is -0.472. The Bertz CT molecular complexity index is 387. The first-order valence-electron chi connectivity index (χ1n) is 3.87. The number of hydrogen-bond acceptors (Lipinski definition) is 2. The van der Waals surface area contributed by atoms with Gasteiger partial charge in [0, 0.05) is 0 Å².